The molecule has 0 aliphatic heterocycles. The molecule has 1 amide bonds. The molecule has 0 fully saturated rings. The minimum absolute atomic E-state index is 0.0919. The zero-order valence-electron chi connectivity index (χ0n) is 11.5. The fourth-order valence-electron chi connectivity index (χ4n) is 1.72. The summed E-state index contributed by atoms with van der Waals surface area (Å²) in [4.78, 5) is 13.6. The third-order valence-corrected chi connectivity index (χ3v) is 2.83. The number of nitrogens with zero attached hydrogens (tertiary/aromatic N) is 1. The van der Waals surface area contributed by atoms with E-state index in [-0.39, 0.29) is 12.7 Å². The molecular formula is C15H23NO3. The number of carbonyl (C=O) groups excluding carboxylic acids is 1. The molecule has 0 atom stereocenters. The number of carbonyl (C=O) groups is 1. The lowest BCUT2D eigenvalue weighted by Gasteiger charge is -2.21. The van der Waals surface area contributed by atoms with Crippen LogP contribution in [0.15, 0.2) is 30.3 Å². The molecule has 1 rings (SSSR count). The van der Waals surface area contributed by atoms with Crippen molar-refractivity contribution in [3.63, 3.8) is 0 Å². The minimum Gasteiger partial charge on any atom is -0.445 e. The Kier molecular flexibility index (Phi) is 7.66. The topological polar surface area (TPSA) is 49.8 Å². The van der Waals surface area contributed by atoms with Crippen LogP contribution in [-0.4, -0.2) is 35.8 Å². The monoisotopic (exact) mass is 265 g/mol. The summed E-state index contributed by atoms with van der Waals surface area (Å²) in [6.07, 6.45) is 2.27. The molecule has 106 valence electrons. The quantitative estimate of drug-likeness (QED) is 0.786. The van der Waals surface area contributed by atoms with Gasteiger partial charge >= 0.3 is 6.09 Å². The van der Waals surface area contributed by atoms with Crippen molar-refractivity contribution in [3.8, 4) is 0 Å². The fraction of sp³-hybridized carbons (Fsp3) is 0.533. The predicted molar refractivity (Wildman–Crippen MR) is 74.8 cm³/mol. The number of hydrogen-bond donors (Lipinski definition) is 1. The molecule has 0 heterocycles. The first-order chi connectivity index (χ1) is 9.27. The van der Waals surface area contributed by atoms with Crippen LogP contribution >= 0.6 is 0 Å². The van der Waals surface area contributed by atoms with Gasteiger partial charge in [0.15, 0.2) is 0 Å². The van der Waals surface area contributed by atoms with Crippen molar-refractivity contribution in [2.24, 2.45) is 0 Å². The Morgan fingerprint density at radius 1 is 1.21 bits per heavy atom. The molecule has 0 bridgehead atoms. The lowest BCUT2D eigenvalue weighted by Crippen LogP contribution is -2.33. The van der Waals surface area contributed by atoms with Crippen LogP contribution in [0.25, 0.3) is 0 Å². The summed E-state index contributed by atoms with van der Waals surface area (Å²) in [6, 6.07) is 9.63. The summed E-state index contributed by atoms with van der Waals surface area (Å²) in [5.41, 5.74) is 0.980. The maximum absolute atomic E-state index is 12.0. The summed E-state index contributed by atoms with van der Waals surface area (Å²) in [5, 5.41) is 8.85. The summed E-state index contributed by atoms with van der Waals surface area (Å²) >= 11 is 0. The highest BCUT2D eigenvalue weighted by molar-refractivity contribution is 5.67. The van der Waals surface area contributed by atoms with Gasteiger partial charge in [-0.15, -0.1) is 0 Å². The van der Waals surface area contributed by atoms with Gasteiger partial charge in [-0.3, -0.25) is 0 Å². The van der Waals surface area contributed by atoms with Crippen LogP contribution in [0.5, 0.6) is 0 Å². The van der Waals surface area contributed by atoms with Gasteiger partial charge in [0.25, 0.3) is 0 Å². The number of benzene rings is 1. The molecule has 1 aromatic rings. The smallest absolute Gasteiger partial charge is 0.410 e. The molecule has 1 aromatic carbocycles. The number of aliphatic hydroxyl groups excluding tert-OH is 1. The molecule has 0 spiro atoms. The van der Waals surface area contributed by atoms with Crippen LogP contribution in [0.1, 0.15) is 31.7 Å². The number of rotatable bonds is 8. The van der Waals surface area contributed by atoms with Gasteiger partial charge in [-0.05, 0) is 18.4 Å². The first-order valence-electron chi connectivity index (χ1n) is 6.84. The van der Waals surface area contributed by atoms with Crippen molar-refractivity contribution >= 4 is 6.09 Å². The van der Waals surface area contributed by atoms with E-state index in [0.29, 0.717) is 26.1 Å². The van der Waals surface area contributed by atoms with Crippen molar-refractivity contribution in [2.45, 2.75) is 32.8 Å². The third kappa shape index (κ3) is 6.25. The van der Waals surface area contributed by atoms with Gasteiger partial charge in [0.2, 0.25) is 0 Å². The van der Waals surface area contributed by atoms with Crippen molar-refractivity contribution in [2.75, 3.05) is 19.7 Å². The Morgan fingerprint density at radius 3 is 2.53 bits per heavy atom. The molecule has 19 heavy (non-hydrogen) atoms. The van der Waals surface area contributed by atoms with Gasteiger partial charge < -0.3 is 14.7 Å². The molecule has 4 heteroatoms. The van der Waals surface area contributed by atoms with Gasteiger partial charge in [0.05, 0.1) is 0 Å². The van der Waals surface area contributed by atoms with Crippen molar-refractivity contribution in [1.82, 2.24) is 4.90 Å². The first kappa shape index (κ1) is 15.5. The third-order valence-electron chi connectivity index (χ3n) is 2.83. The molecule has 0 aliphatic carbocycles. The number of amides is 1. The maximum atomic E-state index is 12.0. The van der Waals surface area contributed by atoms with Gasteiger partial charge in [0, 0.05) is 19.7 Å². The summed E-state index contributed by atoms with van der Waals surface area (Å²) in [5.74, 6) is 0. The second-order valence-electron chi connectivity index (χ2n) is 4.46. The van der Waals surface area contributed by atoms with E-state index in [2.05, 4.69) is 6.92 Å². The fourth-order valence-corrected chi connectivity index (χ4v) is 1.72. The molecule has 0 saturated carbocycles. The summed E-state index contributed by atoms with van der Waals surface area (Å²) in [6.45, 7) is 3.70. The van der Waals surface area contributed by atoms with E-state index < -0.39 is 0 Å². The van der Waals surface area contributed by atoms with Gasteiger partial charge in [-0.1, -0.05) is 43.7 Å². The van der Waals surface area contributed by atoms with Gasteiger partial charge in [-0.25, -0.2) is 4.79 Å². The highest BCUT2D eigenvalue weighted by Gasteiger charge is 2.13. The van der Waals surface area contributed by atoms with Crippen LogP contribution in [0.3, 0.4) is 0 Å². The molecule has 0 saturated heterocycles. The Bertz CT molecular complexity index is 346. The van der Waals surface area contributed by atoms with Crippen LogP contribution in [0.2, 0.25) is 0 Å². The van der Waals surface area contributed by atoms with E-state index in [4.69, 9.17) is 9.84 Å². The van der Waals surface area contributed by atoms with Crippen LogP contribution in [0.4, 0.5) is 4.79 Å². The first-order valence-corrected chi connectivity index (χ1v) is 6.84. The second-order valence-corrected chi connectivity index (χ2v) is 4.46. The zero-order valence-corrected chi connectivity index (χ0v) is 11.5. The molecule has 0 aromatic heterocycles. The molecular weight excluding hydrogens is 242 g/mol. The SMILES string of the molecule is CCCCN(CCCO)C(=O)OCc1ccccc1. The number of ether oxygens (including phenoxy) is 1. The predicted octanol–water partition coefficient (Wildman–Crippen LogP) is 2.81. The standard InChI is InChI=1S/C15H23NO3/c1-2-3-10-16(11-7-12-17)15(18)19-13-14-8-5-4-6-9-14/h4-6,8-9,17H,2-3,7,10-13H2,1H3. The number of hydrogen-bond acceptors (Lipinski definition) is 3. The zero-order chi connectivity index (χ0) is 13.9. The van der Waals surface area contributed by atoms with E-state index in [9.17, 15) is 4.79 Å². The molecule has 1 N–H and O–H groups in total. The molecule has 0 unspecified atom stereocenters. The largest absolute Gasteiger partial charge is 0.445 e. The average Bonchev–Trinajstić information content (AvgIpc) is 2.46. The minimum atomic E-state index is -0.300. The lowest BCUT2D eigenvalue weighted by molar-refractivity contribution is 0.0930. The van der Waals surface area contributed by atoms with Crippen molar-refractivity contribution < 1.29 is 14.6 Å². The summed E-state index contributed by atoms with van der Waals surface area (Å²) in [7, 11) is 0. The Labute approximate surface area is 115 Å². The van der Waals surface area contributed by atoms with E-state index in [0.717, 1.165) is 18.4 Å². The Morgan fingerprint density at radius 2 is 1.89 bits per heavy atom. The van der Waals surface area contributed by atoms with Crippen molar-refractivity contribution in [1.29, 1.82) is 0 Å². The highest BCUT2D eigenvalue weighted by atomic mass is 16.6. The lowest BCUT2D eigenvalue weighted by atomic mass is 10.2. The van der Waals surface area contributed by atoms with E-state index >= 15 is 0 Å². The van der Waals surface area contributed by atoms with E-state index in [1.807, 2.05) is 30.3 Å². The number of unbranched alkanes of at least 4 members (excludes halogenated alkanes) is 1. The van der Waals surface area contributed by atoms with Crippen molar-refractivity contribution in [3.05, 3.63) is 35.9 Å². The second kappa shape index (κ2) is 9.39. The molecule has 0 aliphatic rings. The summed E-state index contributed by atoms with van der Waals surface area (Å²) < 4.78 is 5.29. The normalized spacial score (nSPS) is 10.2. The average molecular weight is 265 g/mol. The molecule has 4 nitrogen and oxygen atoms in total. The van der Waals surface area contributed by atoms with Crippen LogP contribution in [0, 0.1) is 0 Å². The van der Waals surface area contributed by atoms with Crippen LogP contribution < -0.4 is 0 Å². The van der Waals surface area contributed by atoms with Gasteiger partial charge in [-0.2, -0.15) is 0 Å². The maximum Gasteiger partial charge on any atom is 0.410 e. The van der Waals surface area contributed by atoms with Crippen LogP contribution in [-0.2, 0) is 11.3 Å². The highest BCUT2D eigenvalue weighted by Crippen LogP contribution is 2.05. The number of aliphatic hydroxyl groups is 1. The molecule has 0 radical (unpaired) electrons. The van der Waals surface area contributed by atoms with E-state index in [1.54, 1.807) is 4.90 Å². The van der Waals surface area contributed by atoms with E-state index in [1.165, 1.54) is 0 Å². The van der Waals surface area contributed by atoms with Gasteiger partial charge in [0.1, 0.15) is 6.61 Å². The Hall–Kier alpha value is -1.55. The Balaban J connectivity index is 2.41.